The first kappa shape index (κ1) is 11.0. The van der Waals surface area contributed by atoms with Gasteiger partial charge in [-0.3, -0.25) is 4.79 Å². The van der Waals surface area contributed by atoms with Crippen LogP contribution in [0.2, 0.25) is 0 Å². The Morgan fingerprint density at radius 3 is 2.79 bits per heavy atom. The van der Waals surface area contributed by atoms with Gasteiger partial charge in [-0.05, 0) is 52.8 Å². The number of carbonyl (C=O) groups is 1. The maximum absolute atomic E-state index is 10.5. The van der Waals surface area contributed by atoms with Crippen molar-refractivity contribution >= 4 is 28.6 Å². The molecule has 0 aliphatic heterocycles. The lowest BCUT2D eigenvalue weighted by Crippen LogP contribution is -2.03. The van der Waals surface area contributed by atoms with Crippen LogP contribution in [0, 0.1) is 21.8 Å². The summed E-state index contributed by atoms with van der Waals surface area (Å²) < 4.78 is 0.890. The zero-order valence-electron chi connectivity index (χ0n) is 7.54. The summed E-state index contributed by atoms with van der Waals surface area (Å²) in [5.74, 6) is -0.876. The molecule has 0 aliphatic rings. The fraction of sp³-hybridized carbons (Fsp3) is 0.200. The van der Waals surface area contributed by atoms with Crippen molar-refractivity contribution in [3.63, 3.8) is 0 Å². The number of halogens is 1. The van der Waals surface area contributed by atoms with Gasteiger partial charge in [-0.2, -0.15) is 5.26 Å². The van der Waals surface area contributed by atoms with E-state index >= 15 is 0 Å². The van der Waals surface area contributed by atoms with Crippen LogP contribution in [0.15, 0.2) is 12.1 Å². The summed E-state index contributed by atoms with van der Waals surface area (Å²) in [6.45, 7) is 1.77. The molecule has 14 heavy (non-hydrogen) atoms. The number of nitrogens with zero attached hydrogens (tertiary/aromatic N) is 1. The highest BCUT2D eigenvalue weighted by atomic mass is 127. The predicted molar refractivity (Wildman–Crippen MR) is 60.0 cm³/mol. The van der Waals surface area contributed by atoms with E-state index < -0.39 is 5.97 Å². The molecule has 0 amide bonds. The molecular formula is C10H8INO2. The van der Waals surface area contributed by atoms with Gasteiger partial charge in [-0.25, -0.2) is 0 Å². The number of carboxylic acids is 1. The first-order valence-electron chi connectivity index (χ1n) is 3.95. The quantitative estimate of drug-likeness (QED) is 0.851. The summed E-state index contributed by atoms with van der Waals surface area (Å²) >= 11 is 2.07. The maximum atomic E-state index is 10.5. The van der Waals surface area contributed by atoms with Crippen LogP contribution in [0.25, 0.3) is 0 Å². The number of nitriles is 1. The van der Waals surface area contributed by atoms with Crippen LogP contribution in [-0.2, 0) is 11.2 Å². The topological polar surface area (TPSA) is 61.1 Å². The third-order valence-electron chi connectivity index (χ3n) is 1.94. The fourth-order valence-electron chi connectivity index (χ4n) is 1.20. The summed E-state index contributed by atoms with van der Waals surface area (Å²) in [7, 11) is 0. The van der Waals surface area contributed by atoms with Crippen molar-refractivity contribution in [3.05, 3.63) is 32.4 Å². The molecule has 1 N–H and O–H groups in total. The summed E-state index contributed by atoms with van der Waals surface area (Å²) in [5.41, 5.74) is 2.02. The zero-order chi connectivity index (χ0) is 10.7. The Balaban J connectivity index is 3.23. The molecule has 0 atom stereocenters. The SMILES string of the molecule is Cc1c(C#N)cc(I)cc1CC(=O)O. The van der Waals surface area contributed by atoms with E-state index in [1.165, 1.54) is 0 Å². The summed E-state index contributed by atoms with van der Waals surface area (Å²) in [6.07, 6.45) is -0.0304. The molecule has 1 aromatic carbocycles. The molecule has 0 saturated heterocycles. The largest absolute Gasteiger partial charge is 0.481 e. The Morgan fingerprint density at radius 2 is 2.29 bits per heavy atom. The second-order valence-corrected chi connectivity index (χ2v) is 4.17. The molecule has 1 rings (SSSR count). The van der Waals surface area contributed by atoms with Crippen molar-refractivity contribution < 1.29 is 9.90 Å². The first-order valence-corrected chi connectivity index (χ1v) is 5.03. The third kappa shape index (κ3) is 2.45. The minimum absolute atomic E-state index is 0.0304. The number of rotatable bonds is 2. The van der Waals surface area contributed by atoms with Crippen LogP contribution in [0.4, 0.5) is 0 Å². The van der Waals surface area contributed by atoms with Crippen molar-refractivity contribution in [2.24, 2.45) is 0 Å². The molecule has 0 bridgehead atoms. The lowest BCUT2D eigenvalue weighted by Gasteiger charge is -2.05. The molecular weight excluding hydrogens is 293 g/mol. The van der Waals surface area contributed by atoms with E-state index in [4.69, 9.17) is 10.4 Å². The Labute approximate surface area is 95.5 Å². The van der Waals surface area contributed by atoms with Crippen molar-refractivity contribution in [2.45, 2.75) is 13.3 Å². The average molecular weight is 301 g/mol. The van der Waals surface area contributed by atoms with Crippen molar-refractivity contribution in [1.29, 1.82) is 5.26 Å². The zero-order valence-corrected chi connectivity index (χ0v) is 9.70. The highest BCUT2D eigenvalue weighted by Crippen LogP contribution is 2.18. The van der Waals surface area contributed by atoms with Crippen LogP contribution >= 0.6 is 22.6 Å². The number of hydrogen-bond acceptors (Lipinski definition) is 2. The number of carboxylic acid groups (broad SMARTS) is 1. The second kappa shape index (κ2) is 4.42. The van der Waals surface area contributed by atoms with Crippen LogP contribution in [0.1, 0.15) is 16.7 Å². The van der Waals surface area contributed by atoms with Gasteiger partial charge in [0.2, 0.25) is 0 Å². The van der Waals surface area contributed by atoms with Gasteiger partial charge < -0.3 is 5.11 Å². The molecule has 3 nitrogen and oxygen atoms in total. The lowest BCUT2D eigenvalue weighted by molar-refractivity contribution is -0.136. The molecule has 0 radical (unpaired) electrons. The van der Waals surface area contributed by atoms with Gasteiger partial charge in [0.15, 0.2) is 0 Å². The molecule has 1 aromatic rings. The number of benzene rings is 1. The standard InChI is InChI=1S/C10H8INO2/c1-6-7(4-10(13)14)2-9(11)3-8(6)5-12/h2-3H,4H2,1H3,(H,13,14). The van der Waals surface area contributed by atoms with Crippen LogP contribution in [0.5, 0.6) is 0 Å². The fourth-order valence-corrected chi connectivity index (χ4v) is 1.89. The van der Waals surface area contributed by atoms with E-state index in [2.05, 4.69) is 28.7 Å². The monoisotopic (exact) mass is 301 g/mol. The second-order valence-electron chi connectivity index (χ2n) is 2.92. The van der Waals surface area contributed by atoms with Gasteiger partial charge in [-0.15, -0.1) is 0 Å². The summed E-state index contributed by atoms with van der Waals surface area (Å²) in [6, 6.07) is 5.60. The minimum Gasteiger partial charge on any atom is -0.481 e. The molecule has 0 aromatic heterocycles. The minimum atomic E-state index is -0.876. The van der Waals surface area contributed by atoms with Gasteiger partial charge in [0, 0.05) is 3.57 Å². The van der Waals surface area contributed by atoms with E-state index in [9.17, 15) is 4.79 Å². The van der Waals surface area contributed by atoms with E-state index in [0.717, 1.165) is 9.13 Å². The Morgan fingerprint density at radius 1 is 1.64 bits per heavy atom. The van der Waals surface area contributed by atoms with Crippen LogP contribution in [-0.4, -0.2) is 11.1 Å². The number of aliphatic carboxylic acids is 1. The Hall–Kier alpha value is -1.09. The van der Waals surface area contributed by atoms with Gasteiger partial charge in [0.25, 0.3) is 0 Å². The van der Waals surface area contributed by atoms with E-state index in [-0.39, 0.29) is 6.42 Å². The highest BCUT2D eigenvalue weighted by molar-refractivity contribution is 14.1. The van der Waals surface area contributed by atoms with E-state index in [1.54, 1.807) is 19.1 Å². The maximum Gasteiger partial charge on any atom is 0.307 e. The molecule has 4 heteroatoms. The predicted octanol–water partition coefficient (Wildman–Crippen LogP) is 2.10. The van der Waals surface area contributed by atoms with Crippen molar-refractivity contribution in [2.75, 3.05) is 0 Å². The smallest absolute Gasteiger partial charge is 0.307 e. The van der Waals surface area contributed by atoms with E-state index in [0.29, 0.717) is 11.1 Å². The number of hydrogen-bond donors (Lipinski definition) is 1. The molecule has 72 valence electrons. The molecule has 0 fully saturated rings. The molecule has 0 aliphatic carbocycles. The van der Waals surface area contributed by atoms with Gasteiger partial charge in [0.1, 0.15) is 0 Å². The van der Waals surface area contributed by atoms with E-state index in [1.807, 2.05) is 0 Å². The Kier molecular flexibility index (Phi) is 3.47. The van der Waals surface area contributed by atoms with Gasteiger partial charge in [0.05, 0.1) is 18.1 Å². The van der Waals surface area contributed by atoms with Crippen molar-refractivity contribution in [1.82, 2.24) is 0 Å². The normalized spacial score (nSPS) is 9.50. The summed E-state index contributed by atoms with van der Waals surface area (Å²) in [5, 5.41) is 17.5. The van der Waals surface area contributed by atoms with Gasteiger partial charge >= 0.3 is 5.97 Å². The van der Waals surface area contributed by atoms with Gasteiger partial charge in [-0.1, -0.05) is 0 Å². The lowest BCUT2D eigenvalue weighted by atomic mass is 10.0. The summed E-state index contributed by atoms with van der Waals surface area (Å²) in [4.78, 5) is 10.5. The first-order chi connectivity index (χ1) is 6.54. The molecule has 0 heterocycles. The van der Waals surface area contributed by atoms with Crippen LogP contribution in [0.3, 0.4) is 0 Å². The highest BCUT2D eigenvalue weighted by Gasteiger charge is 2.08. The molecule has 0 spiro atoms. The molecule has 0 unspecified atom stereocenters. The third-order valence-corrected chi connectivity index (χ3v) is 2.56. The molecule has 0 saturated carbocycles. The Bertz CT molecular complexity index is 421. The average Bonchev–Trinajstić information content (AvgIpc) is 2.09. The van der Waals surface area contributed by atoms with Crippen LogP contribution < -0.4 is 0 Å². The van der Waals surface area contributed by atoms with Crippen molar-refractivity contribution in [3.8, 4) is 6.07 Å².